The van der Waals surface area contributed by atoms with Crippen LogP contribution < -0.4 is 25.0 Å². The molecule has 0 aliphatic carbocycles. The van der Waals surface area contributed by atoms with Gasteiger partial charge in [0.25, 0.3) is 0 Å². The highest BCUT2D eigenvalue weighted by atomic mass is 127. The third kappa shape index (κ3) is 5.75. The van der Waals surface area contributed by atoms with E-state index in [4.69, 9.17) is 9.47 Å². The summed E-state index contributed by atoms with van der Waals surface area (Å²) < 4.78 is 10.6. The largest absolute Gasteiger partial charge is 0.493 e. The number of nitrogens with zero attached hydrogens (tertiary/aromatic N) is 2. The molecule has 2 N–H and O–H groups in total. The molecule has 0 atom stereocenters. The molecule has 8 heteroatoms. The summed E-state index contributed by atoms with van der Waals surface area (Å²) in [4.78, 5) is 17.9. The normalized spacial score (nSPS) is 13.7. The van der Waals surface area contributed by atoms with Crippen molar-refractivity contribution in [3.05, 3.63) is 48.0 Å². The van der Waals surface area contributed by atoms with E-state index in [2.05, 4.69) is 15.6 Å². The predicted octanol–water partition coefficient (Wildman–Crippen LogP) is 3.64. The zero-order chi connectivity index (χ0) is 19.9. The molecule has 156 valence electrons. The van der Waals surface area contributed by atoms with Gasteiger partial charge in [0, 0.05) is 44.0 Å². The van der Waals surface area contributed by atoms with Crippen LogP contribution in [0.15, 0.2) is 47.5 Å². The summed E-state index contributed by atoms with van der Waals surface area (Å²) in [5.74, 6) is 2.17. The zero-order valence-electron chi connectivity index (χ0n) is 16.9. The van der Waals surface area contributed by atoms with Gasteiger partial charge in [0.05, 0.1) is 14.2 Å². The minimum absolute atomic E-state index is 0. The minimum atomic E-state index is 0. The lowest BCUT2D eigenvalue weighted by atomic mass is 10.2. The highest BCUT2D eigenvalue weighted by Gasteiger charge is 2.21. The highest BCUT2D eigenvalue weighted by molar-refractivity contribution is 14.0. The number of benzene rings is 2. The van der Waals surface area contributed by atoms with Crippen molar-refractivity contribution in [1.29, 1.82) is 0 Å². The standard InChI is InChI=1S/C21H26N4O3.HI/c1-22-21(24-16-8-11-18(27-2)19(13-16)28-3)23-14-15-6-9-17(10-7-15)25-12-4-5-20(25)26;/h6-11,13H,4-5,12,14H2,1-3H3,(H2,22,23,24);1H. The van der Waals surface area contributed by atoms with Gasteiger partial charge in [0.15, 0.2) is 17.5 Å². The first kappa shape index (κ1) is 22.8. The Morgan fingerprint density at radius 1 is 1.10 bits per heavy atom. The summed E-state index contributed by atoms with van der Waals surface area (Å²) in [5, 5.41) is 6.52. The molecule has 2 aromatic carbocycles. The molecule has 1 amide bonds. The number of ether oxygens (including phenoxy) is 2. The fourth-order valence-electron chi connectivity index (χ4n) is 3.13. The van der Waals surface area contributed by atoms with Crippen molar-refractivity contribution in [2.24, 2.45) is 4.99 Å². The number of carbonyl (C=O) groups is 1. The average molecular weight is 510 g/mol. The van der Waals surface area contributed by atoms with E-state index in [1.54, 1.807) is 21.3 Å². The van der Waals surface area contributed by atoms with Gasteiger partial charge in [-0.25, -0.2) is 0 Å². The average Bonchev–Trinajstić information content (AvgIpc) is 3.17. The van der Waals surface area contributed by atoms with E-state index in [1.807, 2.05) is 47.4 Å². The summed E-state index contributed by atoms with van der Waals surface area (Å²) in [6.45, 7) is 1.42. The van der Waals surface area contributed by atoms with Crippen molar-refractivity contribution in [2.45, 2.75) is 19.4 Å². The molecule has 1 aliphatic heterocycles. The number of carbonyl (C=O) groups excluding carboxylic acids is 1. The maximum absolute atomic E-state index is 11.8. The molecule has 29 heavy (non-hydrogen) atoms. The third-order valence-electron chi connectivity index (χ3n) is 4.65. The fraction of sp³-hybridized carbons (Fsp3) is 0.333. The molecule has 2 aromatic rings. The Balaban J connectivity index is 0.00000300. The number of hydrogen-bond acceptors (Lipinski definition) is 4. The molecule has 1 fully saturated rings. The molecule has 1 aliphatic rings. The topological polar surface area (TPSA) is 75.2 Å². The molecule has 0 spiro atoms. The summed E-state index contributed by atoms with van der Waals surface area (Å²) in [7, 11) is 4.93. The SMILES string of the molecule is CN=C(NCc1ccc(N2CCCC2=O)cc1)Nc1ccc(OC)c(OC)c1.I. The zero-order valence-corrected chi connectivity index (χ0v) is 19.2. The first-order chi connectivity index (χ1) is 13.6. The summed E-state index contributed by atoms with van der Waals surface area (Å²) in [6.07, 6.45) is 1.57. The number of amides is 1. The number of hydrogen-bond donors (Lipinski definition) is 2. The Hall–Kier alpha value is -2.49. The van der Waals surface area contributed by atoms with E-state index in [0.29, 0.717) is 30.4 Å². The van der Waals surface area contributed by atoms with E-state index in [-0.39, 0.29) is 29.9 Å². The minimum Gasteiger partial charge on any atom is -0.493 e. The van der Waals surface area contributed by atoms with E-state index >= 15 is 0 Å². The summed E-state index contributed by atoms with van der Waals surface area (Å²) >= 11 is 0. The Labute approximate surface area is 188 Å². The van der Waals surface area contributed by atoms with Crippen molar-refractivity contribution < 1.29 is 14.3 Å². The van der Waals surface area contributed by atoms with Gasteiger partial charge < -0.3 is 25.0 Å². The van der Waals surface area contributed by atoms with Gasteiger partial charge in [-0.15, -0.1) is 24.0 Å². The number of guanidine groups is 1. The fourth-order valence-corrected chi connectivity index (χ4v) is 3.13. The van der Waals surface area contributed by atoms with Crippen LogP contribution in [0.3, 0.4) is 0 Å². The maximum Gasteiger partial charge on any atom is 0.227 e. The summed E-state index contributed by atoms with van der Waals surface area (Å²) in [5.41, 5.74) is 2.90. The Bertz CT molecular complexity index is 856. The molecular weight excluding hydrogens is 483 g/mol. The van der Waals surface area contributed by atoms with Gasteiger partial charge in [-0.05, 0) is 36.2 Å². The van der Waals surface area contributed by atoms with Crippen LogP contribution in [0.4, 0.5) is 11.4 Å². The maximum atomic E-state index is 11.8. The van der Waals surface area contributed by atoms with E-state index in [9.17, 15) is 4.79 Å². The lowest BCUT2D eigenvalue weighted by Crippen LogP contribution is -2.30. The highest BCUT2D eigenvalue weighted by Crippen LogP contribution is 2.29. The van der Waals surface area contributed by atoms with Crippen LogP contribution >= 0.6 is 24.0 Å². The second kappa shape index (κ2) is 10.9. The predicted molar refractivity (Wildman–Crippen MR) is 127 cm³/mol. The number of aliphatic imine (C=N–C) groups is 1. The first-order valence-corrected chi connectivity index (χ1v) is 9.23. The second-order valence-corrected chi connectivity index (χ2v) is 6.44. The molecule has 1 heterocycles. The van der Waals surface area contributed by atoms with Crippen LogP contribution in [0.5, 0.6) is 11.5 Å². The Morgan fingerprint density at radius 2 is 1.83 bits per heavy atom. The van der Waals surface area contributed by atoms with Gasteiger partial charge in [-0.1, -0.05) is 12.1 Å². The molecule has 7 nitrogen and oxygen atoms in total. The van der Waals surface area contributed by atoms with Crippen molar-refractivity contribution >= 4 is 47.2 Å². The van der Waals surface area contributed by atoms with Crippen LogP contribution in [0, 0.1) is 0 Å². The summed E-state index contributed by atoms with van der Waals surface area (Å²) in [6, 6.07) is 13.6. The van der Waals surface area contributed by atoms with Crippen LogP contribution in [0.25, 0.3) is 0 Å². The number of methoxy groups -OCH3 is 2. The van der Waals surface area contributed by atoms with E-state index < -0.39 is 0 Å². The number of nitrogens with one attached hydrogen (secondary N) is 2. The van der Waals surface area contributed by atoms with Crippen LogP contribution in [0.1, 0.15) is 18.4 Å². The van der Waals surface area contributed by atoms with E-state index in [1.165, 1.54) is 0 Å². The lowest BCUT2D eigenvalue weighted by Gasteiger charge is -2.17. The van der Waals surface area contributed by atoms with Crippen molar-refractivity contribution in [3.63, 3.8) is 0 Å². The second-order valence-electron chi connectivity index (χ2n) is 6.44. The smallest absolute Gasteiger partial charge is 0.227 e. The lowest BCUT2D eigenvalue weighted by molar-refractivity contribution is -0.117. The number of anilines is 2. The van der Waals surface area contributed by atoms with Gasteiger partial charge in [0.2, 0.25) is 5.91 Å². The van der Waals surface area contributed by atoms with Crippen molar-refractivity contribution in [1.82, 2.24) is 5.32 Å². The quantitative estimate of drug-likeness (QED) is 0.353. The molecule has 3 rings (SSSR count). The molecular formula is C21H27IN4O3. The molecule has 0 bridgehead atoms. The van der Waals surface area contributed by atoms with Crippen LogP contribution in [-0.2, 0) is 11.3 Å². The molecule has 0 radical (unpaired) electrons. The molecule has 1 saturated heterocycles. The molecule has 0 aromatic heterocycles. The number of halogens is 1. The third-order valence-corrected chi connectivity index (χ3v) is 4.65. The van der Waals surface area contributed by atoms with Gasteiger partial charge in [0.1, 0.15) is 0 Å². The first-order valence-electron chi connectivity index (χ1n) is 9.23. The Kier molecular flexibility index (Phi) is 8.56. The van der Waals surface area contributed by atoms with Crippen molar-refractivity contribution in [2.75, 3.05) is 38.0 Å². The molecule has 0 saturated carbocycles. The Morgan fingerprint density at radius 3 is 2.41 bits per heavy atom. The van der Waals surface area contributed by atoms with Crippen molar-refractivity contribution in [3.8, 4) is 11.5 Å². The van der Waals surface area contributed by atoms with Gasteiger partial charge in [-0.3, -0.25) is 9.79 Å². The monoisotopic (exact) mass is 510 g/mol. The van der Waals surface area contributed by atoms with Crippen LogP contribution in [0.2, 0.25) is 0 Å². The van der Waals surface area contributed by atoms with E-state index in [0.717, 1.165) is 29.9 Å². The van der Waals surface area contributed by atoms with Crippen LogP contribution in [-0.4, -0.2) is 39.7 Å². The van der Waals surface area contributed by atoms with Gasteiger partial charge >= 0.3 is 0 Å². The number of rotatable bonds is 6. The molecule has 0 unspecified atom stereocenters. The van der Waals surface area contributed by atoms with Gasteiger partial charge in [-0.2, -0.15) is 0 Å².